The number of nitrogens with one attached hydrogen (secondary N) is 1. The first kappa shape index (κ1) is 24.1. The van der Waals surface area contributed by atoms with Crippen molar-refractivity contribution in [3.05, 3.63) is 52.5 Å². The van der Waals surface area contributed by atoms with Crippen LogP contribution in [0.15, 0.2) is 24.4 Å². The largest absolute Gasteiger partial charge is 0.475 e. The van der Waals surface area contributed by atoms with Crippen LogP contribution in [0.2, 0.25) is 0 Å². The summed E-state index contributed by atoms with van der Waals surface area (Å²) >= 11 is 0. The number of rotatable bonds is 11. The highest BCUT2D eigenvalue weighted by Crippen LogP contribution is 2.25. The molecule has 168 valence electrons. The van der Waals surface area contributed by atoms with E-state index in [0.717, 1.165) is 23.5 Å². The first-order valence-electron chi connectivity index (χ1n) is 10.3. The summed E-state index contributed by atoms with van der Waals surface area (Å²) in [5.74, 6) is -0.143. The number of hydrogen-bond acceptors (Lipinski definition) is 6. The normalized spacial score (nSPS) is 11.0. The lowest BCUT2D eigenvalue weighted by Crippen LogP contribution is -2.20. The molecule has 2 aromatic heterocycles. The molecular weight excluding hydrogens is 398 g/mol. The second-order valence-electron chi connectivity index (χ2n) is 6.82. The number of carbonyl (C=O) groups is 2. The van der Waals surface area contributed by atoms with Gasteiger partial charge in [-0.05, 0) is 39.3 Å². The molecule has 0 saturated carbocycles. The van der Waals surface area contributed by atoms with Gasteiger partial charge in [0.1, 0.15) is 6.61 Å². The lowest BCUT2D eigenvalue weighted by atomic mass is 10.1. The zero-order valence-corrected chi connectivity index (χ0v) is 18.9. The maximum absolute atomic E-state index is 12.4. The van der Waals surface area contributed by atoms with Gasteiger partial charge >= 0.3 is 5.97 Å². The fourth-order valence-electron chi connectivity index (χ4n) is 3.28. The smallest absolute Gasteiger partial charge is 0.340 e. The van der Waals surface area contributed by atoms with Gasteiger partial charge in [-0.15, -0.1) is 0 Å². The van der Waals surface area contributed by atoms with Crippen LogP contribution in [0.3, 0.4) is 0 Å². The average molecular weight is 430 g/mol. The van der Waals surface area contributed by atoms with Gasteiger partial charge in [-0.2, -0.15) is 0 Å². The number of ether oxygens (including phenoxy) is 3. The molecule has 0 spiro atoms. The summed E-state index contributed by atoms with van der Waals surface area (Å²) in [6.45, 7) is 9.86. The lowest BCUT2D eigenvalue weighted by molar-refractivity contribution is -0.116. The Hall–Kier alpha value is -3.13. The minimum absolute atomic E-state index is 0.267. The zero-order valence-electron chi connectivity index (χ0n) is 18.9. The van der Waals surface area contributed by atoms with Crippen LogP contribution in [0.5, 0.6) is 5.88 Å². The predicted octanol–water partition coefficient (Wildman–Crippen LogP) is 3.05. The second-order valence-corrected chi connectivity index (χ2v) is 6.82. The van der Waals surface area contributed by atoms with E-state index in [1.54, 1.807) is 32.4 Å². The molecule has 0 radical (unpaired) electrons. The Balaban J connectivity index is 2.04. The number of aromatic nitrogens is 2. The van der Waals surface area contributed by atoms with E-state index >= 15 is 0 Å². The fraction of sp³-hybridized carbons (Fsp3) is 0.435. The van der Waals surface area contributed by atoms with Crippen LogP contribution in [-0.2, 0) is 27.4 Å². The van der Waals surface area contributed by atoms with Crippen molar-refractivity contribution in [1.29, 1.82) is 0 Å². The van der Waals surface area contributed by atoms with E-state index in [1.807, 2.05) is 31.4 Å². The summed E-state index contributed by atoms with van der Waals surface area (Å²) in [6.07, 6.45) is 4.75. The third-order valence-electron chi connectivity index (χ3n) is 4.83. The first-order valence-corrected chi connectivity index (χ1v) is 10.3. The molecule has 2 heterocycles. The summed E-state index contributed by atoms with van der Waals surface area (Å²) in [5.41, 5.74) is 3.79. The van der Waals surface area contributed by atoms with E-state index in [0.29, 0.717) is 43.4 Å². The van der Waals surface area contributed by atoms with Gasteiger partial charge in [0, 0.05) is 55.5 Å². The summed E-state index contributed by atoms with van der Waals surface area (Å²) in [5, 5.41) is 2.82. The zero-order chi connectivity index (χ0) is 22.8. The van der Waals surface area contributed by atoms with Crippen molar-refractivity contribution in [3.63, 3.8) is 0 Å². The van der Waals surface area contributed by atoms with Crippen LogP contribution in [0.1, 0.15) is 46.7 Å². The van der Waals surface area contributed by atoms with Crippen molar-refractivity contribution in [3.8, 4) is 5.88 Å². The van der Waals surface area contributed by atoms with Crippen molar-refractivity contribution >= 4 is 18.0 Å². The van der Waals surface area contributed by atoms with Crippen LogP contribution in [0, 0.1) is 13.8 Å². The van der Waals surface area contributed by atoms with E-state index in [2.05, 4.69) is 10.3 Å². The maximum Gasteiger partial charge on any atom is 0.340 e. The van der Waals surface area contributed by atoms with Crippen molar-refractivity contribution < 1.29 is 23.8 Å². The molecule has 0 bridgehead atoms. The van der Waals surface area contributed by atoms with Gasteiger partial charge < -0.3 is 24.1 Å². The molecule has 0 aliphatic rings. The van der Waals surface area contributed by atoms with Gasteiger partial charge in [0.15, 0.2) is 0 Å². The Bertz CT molecular complexity index is 916. The summed E-state index contributed by atoms with van der Waals surface area (Å²) < 4.78 is 17.6. The van der Waals surface area contributed by atoms with E-state index in [9.17, 15) is 9.59 Å². The quantitative estimate of drug-likeness (QED) is 0.335. The Labute approximate surface area is 183 Å². The van der Waals surface area contributed by atoms with Crippen molar-refractivity contribution in [1.82, 2.24) is 14.9 Å². The highest BCUT2D eigenvalue weighted by molar-refractivity contribution is 5.98. The van der Waals surface area contributed by atoms with Crippen molar-refractivity contribution in [2.24, 2.45) is 0 Å². The van der Waals surface area contributed by atoms with Crippen LogP contribution < -0.4 is 10.1 Å². The van der Waals surface area contributed by atoms with Gasteiger partial charge in [-0.3, -0.25) is 4.79 Å². The molecule has 0 atom stereocenters. The highest BCUT2D eigenvalue weighted by Gasteiger charge is 2.22. The molecule has 2 aromatic rings. The number of pyridine rings is 1. The third kappa shape index (κ3) is 6.42. The SMILES string of the molecule is CCOC(=O)c1c(/C=C/C(=O)NCc2ccc(OCCOC)nc2)c(C)n(CC)c1C. The van der Waals surface area contributed by atoms with Crippen LogP contribution >= 0.6 is 0 Å². The third-order valence-corrected chi connectivity index (χ3v) is 4.83. The molecule has 0 unspecified atom stereocenters. The number of esters is 1. The van der Waals surface area contributed by atoms with E-state index in [4.69, 9.17) is 14.2 Å². The van der Waals surface area contributed by atoms with Gasteiger partial charge in [0.2, 0.25) is 11.8 Å². The van der Waals surface area contributed by atoms with Gasteiger partial charge in [-0.25, -0.2) is 9.78 Å². The molecule has 0 aliphatic heterocycles. The molecule has 1 N–H and O–H groups in total. The molecule has 0 fully saturated rings. The van der Waals surface area contributed by atoms with Crippen LogP contribution in [-0.4, -0.2) is 48.4 Å². The monoisotopic (exact) mass is 429 g/mol. The van der Waals surface area contributed by atoms with Gasteiger partial charge in [0.25, 0.3) is 0 Å². The molecule has 8 nitrogen and oxygen atoms in total. The topological polar surface area (TPSA) is 91.7 Å². The number of nitrogens with zero attached hydrogens (tertiary/aromatic N) is 2. The van der Waals surface area contributed by atoms with Crippen molar-refractivity contribution in [2.45, 2.75) is 40.8 Å². The number of carbonyl (C=O) groups excluding carboxylic acids is 2. The van der Waals surface area contributed by atoms with Crippen molar-refractivity contribution in [2.75, 3.05) is 26.9 Å². The number of hydrogen-bond donors (Lipinski definition) is 1. The Morgan fingerprint density at radius 3 is 2.55 bits per heavy atom. The predicted molar refractivity (Wildman–Crippen MR) is 118 cm³/mol. The average Bonchev–Trinajstić information content (AvgIpc) is 3.00. The van der Waals surface area contributed by atoms with E-state index < -0.39 is 0 Å². The molecule has 1 amide bonds. The first-order chi connectivity index (χ1) is 14.9. The summed E-state index contributed by atoms with van der Waals surface area (Å²) in [4.78, 5) is 29.0. The van der Waals surface area contributed by atoms with Gasteiger partial charge in [0.05, 0.1) is 18.8 Å². The second kappa shape index (κ2) is 11.9. The summed E-state index contributed by atoms with van der Waals surface area (Å²) in [7, 11) is 1.61. The maximum atomic E-state index is 12.4. The fourth-order valence-corrected chi connectivity index (χ4v) is 3.28. The minimum Gasteiger partial charge on any atom is -0.475 e. The molecule has 0 aliphatic carbocycles. The van der Waals surface area contributed by atoms with E-state index in [-0.39, 0.29) is 11.9 Å². The molecule has 8 heteroatoms. The van der Waals surface area contributed by atoms with Crippen LogP contribution in [0.4, 0.5) is 0 Å². The standard InChI is InChI=1S/C23H31N3O5/c1-6-26-16(3)19(22(17(26)4)23(28)30-7-2)9-10-20(27)24-14-18-8-11-21(25-15-18)31-13-12-29-5/h8-11,15H,6-7,12-14H2,1-5H3,(H,24,27)/b10-9+. The Morgan fingerprint density at radius 2 is 1.94 bits per heavy atom. The molecule has 0 aromatic carbocycles. The lowest BCUT2D eigenvalue weighted by Gasteiger charge is -2.06. The Kier molecular flexibility index (Phi) is 9.27. The highest BCUT2D eigenvalue weighted by atomic mass is 16.5. The molecule has 0 saturated heterocycles. The minimum atomic E-state index is -0.380. The Morgan fingerprint density at radius 1 is 1.16 bits per heavy atom. The van der Waals surface area contributed by atoms with Gasteiger partial charge in [-0.1, -0.05) is 6.07 Å². The molecule has 31 heavy (non-hydrogen) atoms. The number of methoxy groups -OCH3 is 1. The molecular formula is C23H31N3O5. The number of amides is 1. The molecule has 2 rings (SSSR count). The summed E-state index contributed by atoms with van der Waals surface area (Å²) in [6, 6.07) is 3.59. The van der Waals surface area contributed by atoms with E-state index in [1.165, 1.54) is 6.08 Å². The van der Waals surface area contributed by atoms with Crippen LogP contribution in [0.25, 0.3) is 6.08 Å².